The predicted molar refractivity (Wildman–Crippen MR) is 114 cm³/mol. The second-order valence-electron chi connectivity index (χ2n) is 6.20. The van der Waals surface area contributed by atoms with Crippen molar-refractivity contribution in [3.05, 3.63) is 94.2 Å². The predicted octanol–water partition coefficient (Wildman–Crippen LogP) is 4.89. The summed E-state index contributed by atoms with van der Waals surface area (Å²) in [5.41, 5.74) is 1.48. The van der Waals surface area contributed by atoms with Crippen LogP contribution in [0.3, 0.4) is 0 Å². The van der Waals surface area contributed by atoms with Crippen LogP contribution >= 0.6 is 11.3 Å². The van der Waals surface area contributed by atoms with E-state index in [1.807, 2.05) is 23.6 Å². The van der Waals surface area contributed by atoms with Gasteiger partial charge in [-0.25, -0.2) is 4.79 Å². The molecule has 2 aromatic carbocycles. The standard InChI is InChI=1S/C23H19NO4S/c1-16(25)18-9-5-10-19(15-18)24-23(27)22(17-7-3-2-4-8-17)28-21(26)13-12-20-11-6-14-29-20/h2-15,22H,1H3,(H,24,27)/b13-12+/t22-/m0/s1. The van der Waals surface area contributed by atoms with Gasteiger partial charge in [-0.05, 0) is 36.6 Å². The zero-order valence-electron chi connectivity index (χ0n) is 15.7. The SMILES string of the molecule is CC(=O)c1cccc(NC(=O)[C@@H](OC(=O)/C=C/c2cccs2)c2ccccc2)c1. The van der Waals surface area contributed by atoms with Gasteiger partial charge in [0, 0.05) is 27.8 Å². The van der Waals surface area contributed by atoms with E-state index in [1.54, 1.807) is 54.6 Å². The fourth-order valence-corrected chi connectivity index (χ4v) is 3.23. The van der Waals surface area contributed by atoms with Crippen LogP contribution in [0.2, 0.25) is 0 Å². The normalized spacial score (nSPS) is 11.8. The summed E-state index contributed by atoms with van der Waals surface area (Å²) in [6, 6.07) is 19.1. The first-order valence-corrected chi connectivity index (χ1v) is 9.80. The van der Waals surface area contributed by atoms with Crippen molar-refractivity contribution in [2.24, 2.45) is 0 Å². The summed E-state index contributed by atoms with van der Waals surface area (Å²) in [4.78, 5) is 37.6. The van der Waals surface area contributed by atoms with Crippen LogP contribution in [-0.4, -0.2) is 17.7 Å². The summed E-state index contributed by atoms with van der Waals surface area (Å²) in [5, 5.41) is 4.62. The van der Waals surface area contributed by atoms with E-state index < -0.39 is 18.0 Å². The summed E-state index contributed by atoms with van der Waals surface area (Å²) < 4.78 is 5.45. The smallest absolute Gasteiger partial charge is 0.331 e. The molecule has 1 aromatic heterocycles. The van der Waals surface area contributed by atoms with Gasteiger partial charge in [0.05, 0.1) is 0 Å². The van der Waals surface area contributed by atoms with Gasteiger partial charge in [0.25, 0.3) is 5.91 Å². The fraction of sp³-hybridized carbons (Fsp3) is 0.0870. The maximum Gasteiger partial charge on any atom is 0.331 e. The van der Waals surface area contributed by atoms with Crippen LogP contribution in [0.1, 0.15) is 33.8 Å². The molecule has 0 unspecified atom stereocenters. The molecule has 1 heterocycles. The van der Waals surface area contributed by atoms with E-state index in [-0.39, 0.29) is 5.78 Å². The first-order valence-electron chi connectivity index (χ1n) is 8.92. The number of thiophene rings is 1. The third-order valence-corrected chi connectivity index (χ3v) is 4.88. The number of anilines is 1. The minimum Gasteiger partial charge on any atom is -0.444 e. The Labute approximate surface area is 172 Å². The van der Waals surface area contributed by atoms with Crippen molar-refractivity contribution >= 4 is 40.8 Å². The molecule has 6 heteroatoms. The molecule has 3 aromatic rings. The average molecular weight is 405 g/mol. The zero-order valence-corrected chi connectivity index (χ0v) is 16.5. The van der Waals surface area contributed by atoms with Gasteiger partial charge in [0.1, 0.15) is 0 Å². The highest BCUT2D eigenvalue weighted by Gasteiger charge is 2.24. The maximum absolute atomic E-state index is 12.9. The summed E-state index contributed by atoms with van der Waals surface area (Å²) in [6.07, 6.45) is 1.81. The van der Waals surface area contributed by atoms with Crippen molar-refractivity contribution < 1.29 is 19.1 Å². The van der Waals surface area contributed by atoms with Crippen LogP contribution in [0, 0.1) is 0 Å². The molecule has 0 spiro atoms. The second-order valence-corrected chi connectivity index (χ2v) is 7.18. The third-order valence-electron chi connectivity index (χ3n) is 4.04. The number of Topliss-reactive ketones (excluding diaryl/α,β-unsaturated/α-hetero) is 1. The molecule has 146 valence electrons. The van der Waals surface area contributed by atoms with Gasteiger partial charge in [0.2, 0.25) is 6.10 Å². The Morgan fingerprint density at radius 3 is 2.48 bits per heavy atom. The number of carbonyl (C=O) groups is 3. The van der Waals surface area contributed by atoms with Crippen molar-refractivity contribution in [1.29, 1.82) is 0 Å². The summed E-state index contributed by atoms with van der Waals surface area (Å²) in [6.45, 7) is 1.45. The van der Waals surface area contributed by atoms with E-state index in [2.05, 4.69) is 5.32 Å². The monoisotopic (exact) mass is 405 g/mol. The lowest BCUT2D eigenvalue weighted by Gasteiger charge is -2.17. The molecule has 3 rings (SSSR count). The fourth-order valence-electron chi connectivity index (χ4n) is 2.62. The molecule has 0 radical (unpaired) electrons. The van der Waals surface area contributed by atoms with Gasteiger partial charge >= 0.3 is 5.97 Å². The number of rotatable bonds is 7. The first kappa shape index (κ1) is 20.2. The molecule has 0 aliphatic rings. The number of ether oxygens (including phenoxy) is 1. The quantitative estimate of drug-likeness (QED) is 0.345. The Balaban J connectivity index is 1.78. The van der Waals surface area contributed by atoms with E-state index in [1.165, 1.54) is 24.3 Å². The topological polar surface area (TPSA) is 72.5 Å². The Morgan fingerprint density at radius 2 is 1.79 bits per heavy atom. The Bertz CT molecular complexity index is 1030. The number of benzene rings is 2. The Hall–Kier alpha value is -3.51. The van der Waals surface area contributed by atoms with Gasteiger partial charge in [-0.3, -0.25) is 9.59 Å². The van der Waals surface area contributed by atoms with E-state index in [9.17, 15) is 14.4 Å². The highest BCUT2D eigenvalue weighted by Crippen LogP contribution is 2.21. The number of amides is 1. The van der Waals surface area contributed by atoms with Gasteiger partial charge in [-0.15, -0.1) is 11.3 Å². The molecule has 1 N–H and O–H groups in total. The first-order chi connectivity index (χ1) is 14.0. The minimum atomic E-state index is -1.13. The van der Waals surface area contributed by atoms with Crippen molar-refractivity contribution in [1.82, 2.24) is 0 Å². The minimum absolute atomic E-state index is 0.106. The number of carbonyl (C=O) groups excluding carboxylic acids is 3. The Morgan fingerprint density at radius 1 is 1.00 bits per heavy atom. The molecule has 0 fully saturated rings. The zero-order chi connectivity index (χ0) is 20.6. The highest BCUT2D eigenvalue weighted by molar-refractivity contribution is 7.10. The molecular formula is C23H19NO4S. The molecule has 0 saturated carbocycles. The summed E-state index contributed by atoms with van der Waals surface area (Å²) in [7, 11) is 0. The molecule has 0 bridgehead atoms. The second kappa shape index (κ2) is 9.61. The van der Waals surface area contributed by atoms with E-state index in [0.29, 0.717) is 16.8 Å². The van der Waals surface area contributed by atoms with Crippen molar-refractivity contribution in [3.63, 3.8) is 0 Å². The molecule has 1 amide bonds. The van der Waals surface area contributed by atoms with Gasteiger partial charge in [-0.2, -0.15) is 0 Å². The molecule has 0 aliphatic heterocycles. The lowest BCUT2D eigenvalue weighted by atomic mass is 10.1. The Kier molecular flexibility index (Phi) is 6.71. The van der Waals surface area contributed by atoms with E-state index >= 15 is 0 Å². The van der Waals surface area contributed by atoms with E-state index in [0.717, 1.165) is 4.88 Å². The van der Waals surface area contributed by atoms with Crippen LogP contribution in [-0.2, 0) is 14.3 Å². The molecule has 0 aliphatic carbocycles. The van der Waals surface area contributed by atoms with Crippen LogP contribution in [0.5, 0.6) is 0 Å². The van der Waals surface area contributed by atoms with Crippen molar-refractivity contribution in [3.8, 4) is 0 Å². The van der Waals surface area contributed by atoms with Crippen molar-refractivity contribution in [2.75, 3.05) is 5.32 Å². The molecule has 0 saturated heterocycles. The lowest BCUT2D eigenvalue weighted by molar-refractivity contribution is -0.149. The highest BCUT2D eigenvalue weighted by atomic mass is 32.1. The van der Waals surface area contributed by atoms with Gasteiger partial charge in [0.15, 0.2) is 5.78 Å². The third kappa shape index (κ3) is 5.73. The molecule has 5 nitrogen and oxygen atoms in total. The number of esters is 1. The average Bonchev–Trinajstić information content (AvgIpc) is 3.25. The van der Waals surface area contributed by atoms with Crippen LogP contribution in [0.25, 0.3) is 6.08 Å². The number of hydrogen-bond donors (Lipinski definition) is 1. The molecule has 29 heavy (non-hydrogen) atoms. The van der Waals surface area contributed by atoms with Crippen LogP contribution in [0.4, 0.5) is 5.69 Å². The number of hydrogen-bond acceptors (Lipinski definition) is 5. The lowest BCUT2D eigenvalue weighted by Crippen LogP contribution is -2.25. The number of nitrogens with one attached hydrogen (secondary N) is 1. The van der Waals surface area contributed by atoms with Gasteiger partial charge in [-0.1, -0.05) is 48.5 Å². The molecule has 1 atom stereocenters. The van der Waals surface area contributed by atoms with Crippen LogP contribution in [0.15, 0.2) is 78.2 Å². The van der Waals surface area contributed by atoms with Crippen molar-refractivity contribution in [2.45, 2.75) is 13.0 Å². The maximum atomic E-state index is 12.9. The van der Waals surface area contributed by atoms with Gasteiger partial charge < -0.3 is 10.1 Å². The van der Waals surface area contributed by atoms with E-state index in [4.69, 9.17) is 4.74 Å². The number of ketones is 1. The summed E-state index contributed by atoms with van der Waals surface area (Å²) >= 11 is 1.49. The summed E-state index contributed by atoms with van der Waals surface area (Å²) in [5.74, 6) is -1.24. The largest absolute Gasteiger partial charge is 0.444 e. The molecular weight excluding hydrogens is 386 g/mol. The van der Waals surface area contributed by atoms with Crippen LogP contribution < -0.4 is 5.32 Å².